The van der Waals surface area contributed by atoms with E-state index in [1.807, 2.05) is 0 Å². The van der Waals surface area contributed by atoms with Crippen molar-refractivity contribution in [2.45, 2.75) is 6.61 Å². The van der Waals surface area contributed by atoms with Crippen molar-refractivity contribution in [1.82, 2.24) is 5.16 Å². The highest BCUT2D eigenvalue weighted by atomic mass is 35.5. The van der Waals surface area contributed by atoms with Crippen LogP contribution in [0.15, 0.2) is 22.7 Å². The lowest BCUT2D eigenvalue weighted by Crippen LogP contribution is -1.87. The maximum Gasteiger partial charge on any atom is 0.232 e. The van der Waals surface area contributed by atoms with E-state index in [-0.39, 0.29) is 11.8 Å². The predicted molar refractivity (Wildman–Crippen MR) is 62.9 cm³/mol. The van der Waals surface area contributed by atoms with Gasteiger partial charge in [-0.25, -0.2) is 0 Å². The molecule has 2 aromatic rings. The van der Waals surface area contributed by atoms with E-state index in [1.54, 1.807) is 18.2 Å². The van der Waals surface area contributed by atoms with Gasteiger partial charge < -0.3 is 9.63 Å². The average Bonchev–Trinajstić information content (AvgIpc) is 2.59. The van der Waals surface area contributed by atoms with Crippen molar-refractivity contribution in [2.24, 2.45) is 0 Å². The Bertz CT molecular complexity index is 525. The Kier molecular flexibility index (Phi) is 3.40. The Balaban J connectivity index is 2.58. The molecule has 0 saturated heterocycles. The minimum Gasteiger partial charge on any atom is -0.391 e. The fourth-order valence-corrected chi connectivity index (χ4v) is 2.00. The maximum atomic E-state index is 9.14. The summed E-state index contributed by atoms with van der Waals surface area (Å²) in [6.45, 7) is -0.267. The van der Waals surface area contributed by atoms with Crippen molar-refractivity contribution in [1.29, 1.82) is 0 Å². The Morgan fingerprint density at radius 3 is 2.62 bits per heavy atom. The Hall–Kier alpha value is -0.740. The van der Waals surface area contributed by atoms with Crippen LogP contribution in [0.25, 0.3) is 11.3 Å². The van der Waals surface area contributed by atoms with Crippen molar-refractivity contribution in [2.75, 3.05) is 0 Å². The second-order valence-corrected chi connectivity index (χ2v) is 4.25. The topological polar surface area (TPSA) is 46.3 Å². The van der Waals surface area contributed by atoms with Gasteiger partial charge in [-0.2, -0.15) is 0 Å². The van der Waals surface area contributed by atoms with E-state index < -0.39 is 0 Å². The van der Waals surface area contributed by atoms with Crippen molar-refractivity contribution in [3.05, 3.63) is 39.0 Å². The van der Waals surface area contributed by atoms with Crippen LogP contribution in [0, 0.1) is 0 Å². The normalized spacial score (nSPS) is 10.8. The molecule has 0 radical (unpaired) electrons. The summed E-state index contributed by atoms with van der Waals surface area (Å²) in [5, 5.41) is 13.9. The van der Waals surface area contributed by atoms with Gasteiger partial charge in [0.05, 0.1) is 17.2 Å². The fourth-order valence-electron chi connectivity index (χ4n) is 1.32. The number of hydrogen-bond donors (Lipinski definition) is 1. The van der Waals surface area contributed by atoms with Crippen LogP contribution in [0.2, 0.25) is 15.3 Å². The van der Waals surface area contributed by atoms with E-state index in [2.05, 4.69) is 5.16 Å². The summed E-state index contributed by atoms with van der Waals surface area (Å²) >= 11 is 17.5. The lowest BCUT2D eigenvalue weighted by atomic mass is 10.1. The predicted octanol–water partition coefficient (Wildman–Crippen LogP) is 3.79. The molecule has 1 N–H and O–H groups in total. The first kappa shape index (κ1) is 11.7. The summed E-state index contributed by atoms with van der Waals surface area (Å²) in [5.41, 5.74) is 1.45. The molecule has 1 aromatic heterocycles. The van der Waals surface area contributed by atoms with Gasteiger partial charge in [0.1, 0.15) is 5.69 Å². The Labute approximate surface area is 107 Å². The molecule has 1 aromatic carbocycles. The van der Waals surface area contributed by atoms with Crippen molar-refractivity contribution >= 4 is 34.8 Å². The molecule has 16 heavy (non-hydrogen) atoms. The molecular formula is C10H6Cl3NO2. The van der Waals surface area contributed by atoms with Crippen LogP contribution in [-0.4, -0.2) is 10.3 Å². The smallest absolute Gasteiger partial charge is 0.232 e. The molecule has 0 saturated carbocycles. The molecule has 0 atom stereocenters. The summed E-state index contributed by atoms with van der Waals surface area (Å²) in [5.74, 6) is 0. The molecular weight excluding hydrogens is 272 g/mol. The number of rotatable bonds is 2. The molecule has 6 heteroatoms. The first-order valence-electron chi connectivity index (χ1n) is 4.34. The number of aromatic nitrogens is 1. The highest BCUT2D eigenvalue weighted by molar-refractivity contribution is 6.36. The van der Waals surface area contributed by atoms with Crippen LogP contribution < -0.4 is 0 Å². The summed E-state index contributed by atoms with van der Waals surface area (Å²) in [6, 6.07) is 4.95. The van der Waals surface area contributed by atoms with Gasteiger partial charge in [-0.3, -0.25) is 0 Å². The lowest BCUT2D eigenvalue weighted by Gasteiger charge is -2.02. The monoisotopic (exact) mass is 277 g/mol. The lowest BCUT2D eigenvalue weighted by molar-refractivity contribution is 0.281. The number of aliphatic hydroxyl groups excluding tert-OH is 1. The zero-order valence-electron chi connectivity index (χ0n) is 7.88. The molecule has 0 bridgehead atoms. The zero-order valence-corrected chi connectivity index (χ0v) is 10.1. The third-order valence-electron chi connectivity index (χ3n) is 2.08. The number of halogens is 3. The van der Waals surface area contributed by atoms with Crippen molar-refractivity contribution in [3.63, 3.8) is 0 Å². The van der Waals surface area contributed by atoms with E-state index in [0.717, 1.165) is 0 Å². The van der Waals surface area contributed by atoms with Crippen LogP contribution in [-0.2, 0) is 6.61 Å². The summed E-state index contributed by atoms with van der Waals surface area (Å²) in [6.07, 6.45) is 0. The fraction of sp³-hybridized carbons (Fsp3) is 0.100. The first-order chi connectivity index (χ1) is 7.63. The van der Waals surface area contributed by atoms with Gasteiger partial charge in [-0.1, -0.05) is 28.4 Å². The molecule has 0 aliphatic rings. The van der Waals surface area contributed by atoms with Gasteiger partial charge in [0.15, 0.2) is 0 Å². The van der Waals surface area contributed by atoms with Gasteiger partial charge in [0.2, 0.25) is 5.22 Å². The molecule has 0 unspecified atom stereocenters. The summed E-state index contributed by atoms with van der Waals surface area (Å²) in [4.78, 5) is 0. The number of hydrogen-bond acceptors (Lipinski definition) is 3. The van der Waals surface area contributed by atoms with Crippen LogP contribution in [0.4, 0.5) is 0 Å². The molecule has 84 valence electrons. The van der Waals surface area contributed by atoms with Crippen LogP contribution in [0.3, 0.4) is 0 Å². The number of aliphatic hydroxyl groups is 1. The second kappa shape index (κ2) is 4.63. The van der Waals surface area contributed by atoms with E-state index in [9.17, 15) is 0 Å². The van der Waals surface area contributed by atoms with Gasteiger partial charge in [-0.15, -0.1) is 0 Å². The van der Waals surface area contributed by atoms with E-state index >= 15 is 0 Å². The largest absolute Gasteiger partial charge is 0.391 e. The molecule has 0 amide bonds. The highest BCUT2D eigenvalue weighted by Gasteiger charge is 2.17. The standard InChI is InChI=1S/C10H6Cl3NO2/c11-5-1-2-6(8(12)3-5)9-7(4-15)10(13)16-14-9/h1-3,15H,4H2. The number of nitrogens with zero attached hydrogens (tertiary/aromatic N) is 1. The molecule has 0 fully saturated rings. The quantitative estimate of drug-likeness (QED) is 0.909. The average molecular weight is 279 g/mol. The molecule has 2 rings (SSSR count). The third-order valence-corrected chi connectivity index (χ3v) is 2.93. The van der Waals surface area contributed by atoms with Gasteiger partial charge in [0.25, 0.3) is 0 Å². The molecule has 0 spiro atoms. The summed E-state index contributed by atoms with van der Waals surface area (Å²) < 4.78 is 4.79. The minimum absolute atomic E-state index is 0.0588. The second-order valence-electron chi connectivity index (χ2n) is 3.07. The Morgan fingerprint density at radius 2 is 2.00 bits per heavy atom. The summed E-state index contributed by atoms with van der Waals surface area (Å²) in [7, 11) is 0. The van der Waals surface area contributed by atoms with Crippen molar-refractivity contribution in [3.8, 4) is 11.3 Å². The van der Waals surface area contributed by atoms with Gasteiger partial charge in [0, 0.05) is 10.6 Å². The minimum atomic E-state index is -0.267. The van der Waals surface area contributed by atoms with Crippen LogP contribution in [0.5, 0.6) is 0 Å². The highest BCUT2D eigenvalue weighted by Crippen LogP contribution is 2.34. The van der Waals surface area contributed by atoms with Crippen LogP contribution >= 0.6 is 34.8 Å². The van der Waals surface area contributed by atoms with E-state index in [1.165, 1.54) is 0 Å². The zero-order chi connectivity index (χ0) is 11.7. The molecule has 0 aliphatic carbocycles. The van der Waals surface area contributed by atoms with E-state index in [0.29, 0.717) is 26.9 Å². The first-order valence-corrected chi connectivity index (χ1v) is 5.47. The molecule has 0 aliphatic heterocycles. The molecule has 3 nitrogen and oxygen atoms in total. The van der Waals surface area contributed by atoms with Crippen molar-refractivity contribution < 1.29 is 9.63 Å². The third kappa shape index (κ3) is 2.04. The van der Waals surface area contributed by atoms with Gasteiger partial charge >= 0.3 is 0 Å². The SMILES string of the molecule is OCc1c(-c2ccc(Cl)cc2Cl)noc1Cl. The maximum absolute atomic E-state index is 9.14. The number of benzene rings is 1. The van der Waals surface area contributed by atoms with Gasteiger partial charge in [-0.05, 0) is 29.8 Å². The molecule has 1 heterocycles. The Morgan fingerprint density at radius 1 is 1.25 bits per heavy atom. The van der Waals surface area contributed by atoms with Crippen LogP contribution in [0.1, 0.15) is 5.56 Å². The van der Waals surface area contributed by atoms with E-state index in [4.69, 9.17) is 44.4 Å².